The van der Waals surface area contributed by atoms with Gasteiger partial charge < -0.3 is 0 Å². The molecule has 0 spiro atoms. The zero-order valence-corrected chi connectivity index (χ0v) is 12.0. The Bertz CT molecular complexity index is 440. The molecule has 0 unspecified atom stereocenters. The molecule has 1 aromatic heterocycles. The van der Waals surface area contributed by atoms with E-state index in [1.165, 1.54) is 25.5 Å². The fraction of sp³-hybridized carbons (Fsp3) is 0.750. The van der Waals surface area contributed by atoms with Crippen molar-refractivity contribution in [2.24, 2.45) is 0 Å². The second-order valence-corrected chi connectivity index (χ2v) is 6.11. The van der Waals surface area contributed by atoms with E-state index in [4.69, 9.17) is 0 Å². The van der Waals surface area contributed by atoms with Crippen LogP contribution >= 0.6 is 0 Å². The molecule has 0 aliphatic heterocycles. The van der Waals surface area contributed by atoms with Crippen molar-refractivity contribution < 1.29 is 8.42 Å². The second kappa shape index (κ2) is 7.53. The Morgan fingerprint density at radius 2 is 1.94 bits per heavy atom. The normalized spacial score (nSPS) is 11.9. The van der Waals surface area contributed by atoms with E-state index in [1.54, 1.807) is 10.9 Å². The van der Waals surface area contributed by atoms with Gasteiger partial charge in [-0.25, -0.2) is 13.1 Å². The van der Waals surface area contributed by atoms with Gasteiger partial charge in [-0.1, -0.05) is 32.6 Å². The van der Waals surface area contributed by atoms with Crippen molar-refractivity contribution in [1.82, 2.24) is 14.5 Å². The van der Waals surface area contributed by atoms with Crippen molar-refractivity contribution in [3.05, 3.63) is 12.4 Å². The minimum Gasteiger partial charge on any atom is -0.272 e. The first-order valence-corrected chi connectivity index (χ1v) is 8.10. The Morgan fingerprint density at radius 3 is 2.56 bits per heavy atom. The summed E-state index contributed by atoms with van der Waals surface area (Å²) in [6.45, 7) is 5.26. The average Bonchev–Trinajstić information content (AvgIpc) is 2.83. The van der Waals surface area contributed by atoms with Gasteiger partial charge in [0.2, 0.25) is 10.0 Å². The van der Waals surface area contributed by atoms with E-state index in [0.29, 0.717) is 13.1 Å². The SMILES string of the molecule is CCCCCCCNS(=O)(=O)c1cnn(CC)c1. The predicted octanol–water partition coefficient (Wildman–Crippen LogP) is 2.15. The highest BCUT2D eigenvalue weighted by molar-refractivity contribution is 7.89. The van der Waals surface area contributed by atoms with Gasteiger partial charge in [-0.05, 0) is 13.3 Å². The summed E-state index contributed by atoms with van der Waals surface area (Å²) in [5.41, 5.74) is 0. The van der Waals surface area contributed by atoms with Gasteiger partial charge in [0.05, 0.1) is 6.20 Å². The van der Waals surface area contributed by atoms with Crippen LogP contribution in [-0.4, -0.2) is 24.7 Å². The molecule has 0 atom stereocenters. The molecule has 0 aliphatic carbocycles. The fourth-order valence-corrected chi connectivity index (χ4v) is 2.70. The molecular formula is C12H23N3O2S. The van der Waals surface area contributed by atoms with Crippen molar-refractivity contribution in [3.8, 4) is 0 Å². The van der Waals surface area contributed by atoms with Gasteiger partial charge in [0.15, 0.2) is 0 Å². The van der Waals surface area contributed by atoms with Crippen LogP contribution in [0.2, 0.25) is 0 Å². The summed E-state index contributed by atoms with van der Waals surface area (Å²) in [5.74, 6) is 0. The van der Waals surface area contributed by atoms with Crippen molar-refractivity contribution in [2.75, 3.05) is 6.54 Å². The molecule has 0 bridgehead atoms. The second-order valence-electron chi connectivity index (χ2n) is 4.34. The lowest BCUT2D eigenvalue weighted by molar-refractivity contribution is 0.570. The Morgan fingerprint density at radius 1 is 1.22 bits per heavy atom. The number of nitrogens with one attached hydrogen (secondary N) is 1. The fourth-order valence-electron chi connectivity index (χ4n) is 1.67. The molecule has 0 radical (unpaired) electrons. The molecule has 0 amide bonds. The summed E-state index contributed by atoms with van der Waals surface area (Å²) in [6, 6.07) is 0. The van der Waals surface area contributed by atoms with Gasteiger partial charge in [-0.3, -0.25) is 4.68 Å². The maximum absolute atomic E-state index is 11.9. The van der Waals surface area contributed by atoms with Crippen LogP contribution in [0.15, 0.2) is 17.3 Å². The van der Waals surface area contributed by atoms with Crippen LogP contribution in [0.3, 0.4) is 0 Å². The van der Waals surface area contributed by atoms with Crippen LogP contribution < -0.4 is 4.72 Å². The van der Waals surface area contributed by atoms with E-state index in [-0.39, 0.29) is 4.90 Å². The molecule has 1 rings (SSSR count). The molecule has 104 valence electrons. The van der Waals surface area contributed by atoms with Crippen LogP contribution in [0.1, 0.15) is 46.0 Å². The Labute approximate surface area is 110 Å². The van der Waals surface area contributed by atoms with Crippen molar-refractivity contribution >= 4 is 10.0 Å². The zero-order chi connectivity index (χ0) is 13.4. The van der Waals surface area contributed by atoms with Gasteiger partial charge in [0.1, 0.15) is 4.90 Å². The zero-order valence-electron chi connectivity index (χ0n) is 11.2. The first-order chi connectivity index (χ1) is 8.60. The molecule has 6 heteroatoms. The van der Waals surface area contributed by atoms with Crippen molar-refractivity contribution in [3.63, 3.8) is 0 Å². The van der Waals surface area contributed by atoms with E-state index in [9.17, 15) is 8.42 Å². The first-order valence-electron chi connectivity index (χ1n) is 6.62. The van der Waals surface area contributed by atoms with E-state index >= 15 is 0 Å². The molecule has 5 nitrogen and oxygen atoms in total. The van der Waals surface area contributed by atoms with Crippen LogP contribution in [0.25, 0.3) is 0 Å². The largest absolute Gasteiger partial charge is 0.272 e. The highest BCUT2D eigenvalue weighted by Crippen LogP contribution is 2.07. The molecule has 18 heavy (non-hydrogen) atoms. The number of hydrogen-bond acceptors (Lipinski definition) is 3. The van der Waals surface area contributed by atoms with Crippen LogP contribution in [0.5, 0.6) is 0 Å². The van der Waals surface area contributed by atoms with E-state index in [0.717, 1.165) is 12.8 Å². The number of aryl methyl sites for hydroxylation is 1. The minimum atomic E-state index is -3.38. The van der Waals surface area contributed by atoms with Gasteiger partial charge in [0.25, 0.3) is 0 Å². The van der Waals surface area contributed by atoms with Crippen LogP contribution in [0, 0.1) is 0 Å². The molecule has 1 heterocycles. The number of sulfonamides is 1. The summed E-state index contributed by atoms with van der Waals surface area (Å²) >= 11 is 0. The van der Waals surface area contributed by atoms with Gasteiger partial charge in [-0.2, -0.15) is 5.10 Å². The minimum absolute atomic E-state index is 0.248. The third kappa shape index (κ3) is 4.78. The number of aromatic nitrogens is 2. The molecule has 1 N–H and O–H groups in total. The maximum Gasteiger partial charge on any atom is 0.243 e. The summed E-state index contributed by atoms with van der Waals surface area (Å²) < 4.78 is 28.0. The summed E-state index contributed by atoms with van der Waals surface area (Å²) in [4.78, 5) is 0.248. The quantitative estimate of drug-likeness (QED) is 0.701. The predicted molar refractivity (Wildman–Crippen MR) is 71.8 cm³/mol. The topological polar surface area (TPSA) is 64.0 Å². The molecule has 0 fully saturated rings. The third-order valence-electron chi connectivity index (χ3n) is 2.82. The van der Waals surface area contributed by atoms with Crippen LogP contribution in [-0.2, 0) is 16.6 Å². The number of hydrogen-bond donors (Lipinski definition) is 1. The molecule has 0 aliphatic rings. The Kier molecular flexibility index (Phi) is 6.35. The molecule has 0 saturated heterocycles. The van der Waals surface area contributed by atoms with Crippen LogP contribution in [0.4, 0.5) is 0 Å². The first kappa shape index (κ1) is 15.2. The van der Waals surface area contributed by atoms with E-state index < -0.39 is 10.0 Å². The van der Waals surface area contributed by atoms with Gasteiger partial charge in [-0.15, -0.1) is 0 Å². The molecule has 1 aromatic rings. The number of unbranched alkanes of at least 4 members (excludes halogenated alkanes) is 4. The molecular weight excluding hydrogens is 250 g/mol. The Balaban J connectivity index is 2.36. The van der Waals surface area contributed by atoms with Crippen molar-refractivity contribution in [1.29, 1.82) is 0 Å². The van der Waals surface area contributed by atoms with E-state index in [1.807, 2.05) is 6.92 Å². The molecule has 0 aromatic carbocycles. The van der Waals surface area contributed by atoms with Gasteiger partial charge in [0, 0.05) is 19.3 Å². The summed E-state index contributed by atoms with van der Waals surface area (Å²) in [7, 11) is -3.38. The maximum atomic E-state index is 11.9. The monoisotopic (exact) mass is 273 g/mol. The van der Waals surface area contributed by atoms with E-state index in [2.05, 4.69) is 16.7 Å². The Hall–Kier alpha value is -0.880. The lowest BCUT2D eigenvalue weighted by atomic mass is 10.2. The average molecular weight is 273 g/mol. The number of nitrogens with zero attached hydrogens (tertiary/aromatic N) is 2. The van der Waals surface area contributed by atoms with Crippen molar-refractivity contribution in [2.45, 2.75) is 57.4 Å². The standard InChI is InChI=1S/C12H23N3O2S/c1-3-5-6-7-8-9-14-18(16,17)12-10-13-15(4-2)11-12/h10-11,14H,3-9H2,1-2H3. The highest BCUT2D eigenvalue weighted by Gasteiger charge is 2.15. The third-order valence-corrected chi connectivity index (χ3v) is 4.23. The lowest BCUT2D eigenvalue weighted by Crippen LogP contribution is -2.24. The lowest BCUT2D eigenvalue weighted by Gasteiger charge is -2.04. The summed E-state index contributed by atoms with van der Waals surface area (Å²) in [5, 5.41) is 3.97. The van der Waals surface area contributed by atoms with Gasteiger partial charge >= 0.3 is 0 Å². The smallest absolute Gasteiger partial charge is 0.243 e. The number of rotatable bonds is 9. The summed E-state index contributed by atoms with van der Waals surface area (Å²) in [6.07, 6.45) is 8.50. The highest BCUT2D eigenvalue weighted by atomic mass is 32.2. The molecule has 0 saturated carbocycles.